The topological polar surface area (TPSA) is 413 Å². The van der Waals surface area contributed by atoms with Gasteiger partial charge in [0.05, 0.1) is 25.9 Å². The van der Waals surface area contributed by atoms with Crippen LogP contribution in [0.2, 0.25) is 0 Å². The van der Waals surface area contributed by atoms with Gasteiger partial charge in [-0.15, -0.1) is 0 Å². The Hall–Kier alpha value is -3.27. The number of rotatable bonds is 12. The van der Waals surface area contributed by atoms with E-state index in [4.69, 9.17) is 20.6 Å². The van der Waals surface area contributed by atoms with Crippen LogP contribution in [0.4, 0.5) is 0 Å². The average Bonchev–Trinajstić information content (AvgIpc) is 3.76. The van der Waals surface area contributed by atoms with E-state index in [1.165, 1.54) is 0 Å². The molecule has 0 aromatic rings. The van der Waals surface area contributed by atoms with E-state index in [2.05, 4.69) is 47.9 Å². The van der Waals surface area contributed by atoms with E-state index in [-0.39, 0.29) is 11.7 Å². The third kappa shape index (κ3) is 7.63. The summed E-state index contributed by atoms with van der Waals surface area (Å²) in [4.78, 5) is 74.9. The van der Waals surface area contributed by atoms with Crippen molar-refractivity contribution in [3.63, 3.8) is 0 Å². The molecule has 0 spiro atoms. The van der Waals surface area contributed by atoms with Gasteiger partial charge in [0.2, 0.25) is 11.9 Å². The quantitative estimate of drug-likeness (QED) is 0.0824. The average molecular weight is 788 g/mol. The summed E-state index contributed by atoms with van der Waals surface area (Å²) in [6.07, 6.45) is -11.3. The molecule has 2 fully saturated rings. The standard InChI is InChI=1S/C20H27N10O18P3/c21-19-25-13-7(15(35)27-19)23-3-29(13)17-11(33)9(31)5(45-17)1-43-49(37,38)47-51(41,42)48-50(39,40)44-2-6-10(32)12(34)18(46-6)30-4-24-8-14(30)26-20(22)28-16(8)36/h3-12,17-18,31-34H,1-2H2,(H,37,38)(H,39,40)(H,41,42)(H2,21,27,35)(H2,22,28,36)/t5-,6-,7?,8?,9-,10-,11-,12-,17-,18-/m1/s1. The number of aliphatic imine (C=N–C) groups is 5. The predicted octanol–water partition coefficient (Wildman–Crippen LogP) is -5.61. The molecule has 0 radical (unpaired) electrons. The molecule has 28 nitrogen and oxygen atoms in total. The Balaban J connectivity index is 1.00. The number of amides is 2. The third-order valence-electron chi connectivity index (χ3n) is 7.54. The van der Waals surface area contributed by atoms with Gasteiger partial charge in [-0.05, 0) is 0 Å². The first-order valence-electron chi connectivity index (χ1n) is 14.1. The van der Waals surface area contributed by atoms with Crippen molar-refractivity contribution in [2.24, 2.45) is 30.7 Å². The zero-order valence-corrected chi connectivity index (χ0v) is 27.7. The van der Waals surface area contributed by atoms with Gasteiger partial charge in [-0.25, -0.2) is 13.7 Å². The van der Waals surface area contributed by atoms with Gasteiger partial charge < -0.3 is 50.3 Å². The molecule has 6 aliphatic rings. The van der Waals surface area contributed by atoms with E-state index in [0.29, 0.717) is 0 Å². The van der Waals surface area contributed by atoms with Crippen molar-refractivity contribution in [2.75, 3.05) is 13.2 Å². The number of carbonyl (C=O) groups is 2. The second-order valence-electron chi connectivity index (χ2n) is 11.0. The SMILES string of the molecule is N=C1N=C2C(N=CN2[C@@H]2O[C@H](COP(=O)(O)OP(=O)(O)OP(=O)(O)OC[C@H]3O[C@@H](N4C=NC5C(=O)N=C(N)N=C54)[C@H](O)[C@@H]3O)[C@@H](O)[C@H]2O)C(=O)N1. The maximum absolute atomic E-state index is 12.4. The van der Waals surface area contributed by atoms with Crippen LogP contribution >= 0.6 is 23.5 Å². The number of aliphatic hydroxyl groups is 4. The van der Waals surface area contributed by atoms with Gasteiger partial charge in [-0.2, -0.15) is 23.6 Å². The van der Waals surface area contributed by atoms with Crippen LogP contribution in [0.5, 0.6) is 0 Å². The maximum Gasteiger partial charge on any atom is 0.490 e. The second-order valence-corrected chi connectivity index (χ2v) is 15.6. The number of guanidine groups is 2. The summed E-state index contributed by atoms with van der Waals surface area (Å²) in [7, 11) is -17.4. The highest BCUT2D eigenvalue weighted by atomic mass is 31.3. The van der Waals surface area contributed by atoms with E-state index in [1.54, 1.807) is 0 Å². The molecule has 31 heteroatoms. The molecule has 6 aliphatic heterocycles. The molecule has 0 bridgehead atoms. The van der Waals surface area contributed by atoms with Gasteiger partial charge in [0, 0.05) is 0 Å². The third-order valence-corrected chi connectivity index (χ3v) is 11.8. The maximum atomic E-state index is 12.4. The van der Waals surface area contributed by atoms with Crippen molar-refractivity contribution in [3.8, 4) is 0 Å². The number of aliphatic hydroxyl groups excluding tert-OH is 4. The molecule has 2 amide bonds. The summed E-state index contributed by atoms with van der Waals surface area (Å²) in [5.41, 5.74) is 5.49. The van der Waals surface area contributed by atoms with Crippen LogP contribution in [0.3, 0.4) is 0 Å². The van der Waals surface area contributed by atoms with E-state index in [1.807, 2.05) is 0 Å². The van der Waals surface area contributed by atoms with Crippen molar-refractivity contribution in [3.05, 3.63) is 0 Å². The molecular weight excluding hydrogens is 761 g/mol. The number of phosphoric acid groups is 3. The number of nitrogens with two attached hydrogens (primary N) is 1. The lowest BCUT2D eigenvalue weighted by Crippen LogP contribution is -2.53. The van der Waals surface area contributed by atoms with E-state index >= 15 is 0 Å². The van der Waals surface area contributed by atoms with Crippen LogP contribution in [0, 0.1) is 5.41 Å². The summed E-state index contributed by atoms with van der Waals surface area (Å²) >= 11 is 0. The van der Waals surface area contributed by atoms with Crippen molar-refractivity contribution < 1.29 is 85.5 Å². The minimum atomic E-state index is -6.01. The number of hydrogen-bond acceptors (Lipinski definition) is 22. The lowest BCUT2D eigenvalue weighted by atomic mass is 10.1. The van der Waals surface area contributed by atoms with Gasteiger partial charge in [0.25, 0.3) is 11.8 Å². The molecule has 2 saturated heterocycles. The summed E-state index contributed by atoms with van der Waals surface area (Å²) in [6.45, 7) is -2.20. The first-order chi connectivity index (χ1) is 23.8. The molecule has 11 N–H and O–H groups in total. The number of fused-ring (bicyclic) bond motifs is 2. The highest BCUT2D eigenvalue weighted by Crippen LogP contribution is 2.67. The lowest BCUT2D eigenvalue weighted by molar-refractivity contribution is -0.120. The van der Waals surface area contributed by atoms with Crippen LogP contribution in [-0.4, -0.2) is 167 Å². The smallest absolute Gasteiger partial charge is 0.387 e. The highest BCUT2D eigenvalue weighted by molar-refractivity contribution is 7.66. The molecule has 0 aromatic heterocycles. The Labute approximate surface area is 282 Å². The molecule has 13 atom stereocenters. The largest absolute Gasteiger partial charge is 0.490 e. The van der Waals surface area contributed by atoms with Crippen molar-refractivity contribution in [2.45, 2.75) is 61.2 Å². The number of hydrogen-bond donors (Lipinski definition) is 10. The molecule has 5 unspecified atom stereocenters. The molecule has 0 saturated carbocycles. The Kier molecular flexibility index (Phi) is 10.0. The van der Waals surface area contributed by atoms with E-state index in [9.17, 15) is 58.4 Å². The number of ether oxygens (including phenoxy) is 2. The van der Waals surface area contributed by atoms with Gasteiger partial charge >= 0.3 is 23.5 Å². The molecule has 280 valence electrons. The van der Waals surface area contributed by atoms with Crippen LogP contribution in [-0.2, 0) is 50.4 Å². The second kappa shape index (κ2) is 13.6. The first-order valence-corrected chi connectivity index (χ1v) is 18.6. The molecule has 6 heterocycles. The zero-order chi connectivity index (χ0) is 37.2. The fourth-order valence-electron chi connectivity index (χ4n) is 5.30. The molecule has 0 aliphatic carbocycles. The zero-order valence-electron chi connectivity index (χ0n) is 25.0. The van der Waals surface area contributed by atoms with Crippen molar-refractivity contribution >= 4 is 71.5 Å². The summed E-state index contributed by atoms with van der Waals surface area (Å²) in [6, 6.07) is -2.39. The molecular formula is C20H27N10O18P3. The number of amidine groups is 2. The van der Waals surface area contributed by atoms with Gasteiger partial charge in [0.1, 0.15) is 36.6 Å². The molecule has 6 rings (SSSR count). The Morgan fingerprint density at radius 2 is 1.24 bits per heavy atom. The Morgan fingerprint density at radius 3 is 1.75 bits per heavy atom. The van der Waals surface area contributed by atoms with Crippen LogP contribution in [0.25, 0.3) is 0 Å². The summed E-state index contributed by atoms with van der Waals surface area (Å²) in [5.74, 6) is -2.67. The molecule has 51 heavy (non-hydrogen) atoms. The minimum Gasteiger partial charge on any atom is -0.387 e. The van der Waals surface area contributed by atoms with Crippen molar-refractivity contribution in [1.82, 2.24) is 15.1 Å². The summed E-state index contributed by atoms with van der Waals surface area (Å²) in [5, 5.41) is 51.5. The van der Waals surface area contributed by atoms with Gasteiger partial charge in [-0.3, -0.25) is 49.1 Å². The Bertz CT molecular complexity index is 1740. The van der Waals surface area contributed by atoms with Gasteiger partial charge in [-0.1, -0.05) is 0 Å². The van der Waals surface area contributed by atoms with E-state index < -0.39 is 122 Å². The predicted molar refractivity (Wildman–Crippen MR) is 161 cm³/mol. The van der Waals surface area contributed by atoms with Crippen LogP contribution < -0.4 is 11.1 Å². The van der Waals surface area contributed by atoms with Crippen LogP contribution in [0.1, 0.15) is 0 Å². The Morgan fingerprint density at radius 1 is 0.765 bits per heavy atom. The normalized spacial score (nSPS) is 38.0. The lowest BCUT2D eigenvalue weighted by Gasteiger charge is -2.28. The summed E-state index contributed by atoms with van der Waals surface area (Å²) < 4.78 is 65.3. The van der Waals surface area contributed by atoms with Crippen LogP contribution in [0.15, 0.2) is 25.0 Å². The fraction of sp³-hybridized carbons (Fsp3) is 0.600. The number of carbonyl (C=O) groups excluding carboxylic acids is 2. The van der Waals surface area contributed by atoms with E-state index in [0.717, 1.165) is 22.5 Å². The van der Waals surface area contributed by atoms with Crippen molar-refractivity contribution in [1.29, 1.82) is 5.41 Å². The monoisotopic (exact) mass is 788 g/mol. The minimum absolute atomic E-state index is 0.105. The van der Waals surface area contributed by atoms with Gasteiger partial charge in [0.15, 0.2) is 36.2 Å². The number of phosphoric ester groups is 2. The highest BCUT2D eigenvalue weighted by Gasteiger charge is 2.53. The number of nitrogens with zero attached hydrogens (tertiary/aromatic N) is 7. The number of nitrogens with one attached hydrogen (secondary N) is 2. The fourth-order valence-corrected chi connectivity index (χ4v) is 8.82. The molecule has 0 aromatic carbocycles. The first kappa shape index (κ1) is 37.5.